The molecular formula is C23H34O2. The Labute approximate surface area is 153 Å². The van der Waals surface area contributed by atoms with Crippen molar-refractivity contribution in [2.45, 2.75) is 83.8 Å². The zero-order valence-electron chi connectivity index (χ0n) is 16.6. The summed E-state index contributed by atoms with van der Waals surface area (Å²) < 4.78 is 12.0. The Bertz CT molecular complexity index is 644. The van der Waals surface area contributed by atoms with Gasteiger partial charge in [-0.3, -0.25) is 0 Å². The van der Waals surface area contributed by atoms with E-state index in [1.165, 1.54) is 44.1 Å². The molecule has 3 aliphatic carbocycles. The Morgan fingerprint density at radius 2 is 1.88 bits per heavy atom. The van der Waals surface area contributed by atoms with Gasteiger partial charge in [0.05, 0.1) is 18.8 Å². The van der Waals surface area contributed by atoms with Gasteiger partial charge in [-0.25, -0.2) is 0 Å². The Morgan fingerprint density at radius 3 is 2.60 bits per heavy atom. The van der Waals surface area contributed by atoms with Crippen LogP contribution in [0.5, 0.6) is 5.75 Å². The van der Waals surface area contributed by atoms with E-state index in [0.29, 0.717) is 11.5 Å². The fourth-order valence-corrected chi connectivity index (χ4v) is 6.26. The van der Waals surface area contributed by atoms with Crippen LogP contribution in [0.4, 0.5) is 0 Å². The first kappa shape index (κ1) is 17.4. The molecule has 0 radical (unpaired) electrons. The molecule has 0 spiro atoms. The smallest absolute Gasteiger partial charge is 0.119 e. The summed E-state index contributed by atoms with van der Waals surface area (Å²) in [5, 5.41) is 0. The van der Waals surface area contributed by atoms with Gasteiger partial charge in [-0.1, -0.05) is 13.0 Å². The molecule has 0 aromatic heterocycles. The minimum atomic E-state index is -0.0326. The van der Waals surface area contributed by atoms with E-state index in [2.05, 4.69) is 45.9 Å². The standard InChI is InChI=1S/C23H34O2/c1-22(2,3)25-21-11-10-20-19-8-6-15-14-16(24-5)7-9-17(15)18(19)12-13-23(20,21)4/h7,9,14,18-21H,6,8,10-13H2,1-5H3/t18?,19-,20?,21+,23+/m0/s1. The molecule has 0 amide bonds. The summed E-state index contributed by atoms with van der Waals surface area (Å²) >= 11 is 0. The SMILES string of the molecule is COc1ccc2c(c1)CC[C@H]1C2CC[C@]2(C)C1CC[C@H]2OC(C)(C)C. The lowest BCUT2D eigenvalue weighted by Gasteiger charge is -2.51. The molecule has 2 saturated carbocycles. The molecule has 5 atom stereocenters. The van der Waals surface area contributed by atoms with Crippen LogP contribution in [0.15, 0.2) is 18.2 Å². The highest BCUT2D eigenvalue weighted by Crippen LogP contribution is 2.62. The zero-order valence-corrected chi connectivity index (χ0v) is 16.6. The van der Waals surface area contributed by atoms with Crippen molar-refractivity contribution in [3.63, 3.8) is 0 Å². The second kappa shape index (κ2) is 6.01. The topological polar surface area (TPSA) is 18.5 Å². The molecule has 1 aromatic carbocycles. The lowest BCUT2D eigenvalue weighted by Crippen LogP contribution is -2.46. The summed E-state index contributed by atoms with van der Waals surface area (Å²) in [6, 6.07) is 6.79. The van der Waals surface area contributed by atoms with Crippen LogP contribution in [-0.4, -0.2) is 18.8 Å². The van der Waals surface area contributed by atoms with Gasteiger partial charge >= 0.3 is 0 Å². The quantitative estimate of drug-likeness (QED) is 0.683. The minimum Gasteiger partial charge on any atom is -0.497 e. The lowest BCUT2D eigenvalue weighted by atomic mass is 9.55. The average Bonchev–Trinajstić information content (AvgIpc) is 2.89. The predicted molar refractivity (Wildman–Crippen MR) is 102 cm³/mol. The van der Waals surface area contributed by atoms with Gasteiger partial charge in [0, 0.05) is 0 Å². The number of aryl methyl sites for hydroxylation is 1. The number of methoxy groups -OCH3 is 1. The molecule has 25 heavy (non-hydrogen) atoms. The van der Waals surface area contributed by atoms with Gasteiger partial charge in [-0.15, -0.1) is 0 Å². The van der Waals surface area contributed by atoms with E-state index in [4.69, 9.17) is 9.47 Å². The first-order valence-electron chi connectivity index (χ1n) is 10.2. The molecule has 3 aliphatic rings. The van der Waals surface area contributed by atoms with Crippen molar-refractivity contribution < 1.29 is 9.47 Å². The molecule has 0 saturated heterocycles. The first-order valence-corrected chi connectivity index (χ1v) is 10.2. The number of rotatable bonds is 2. The first-order chi connectivity index (χ1) is 11.8. The van der Waals surface area contributed by atoms with Crippen LogP contribution in [0.25, 0.3) is 0 Å². The molecule has 0 heterocycles. The predicted octanol–water partition coefficient (Wildman–Crippen LogP) is 5.74. The Kier molecular flexibility index (Phi) is 4.18. The summed E-state index contributed by atoms with van der Waals surface area (Å²) in [5.41, 5.74) is 3.48. The van der Waals surface area contributed by atoms with Crippen molar-refractivity contribution in [3.8, 4) is 5.75 Å². The highest BCUT2D eigenvalue weighted by molar-refractivity contribution is 5.40. The molecule has 2 nitrogen and oxygen atoms in total. The third-order valence-corrected chi connectivity index (χ3v) is 7.34. The third kappa shape index (κ3) is 2.91. The summed E-state index contributed by atoms with van der Waals surface area (Å²) in [4.78, 5) is 0. The average molecular weight is 343 g/mol. The summed E-state index contributed by atoms with van der Waals surface area (Å²) in [5.74, 6) is 3.43. The van der Waals surface area contributed by atoms with Gasteiger partial charge < -0.3 is 9.47 Å². The van der Waals surface area contributed by atoms with Crippen molar-refractivity contribution >= 4 is 0 Å². The molecule has 1 aromatic rings. The maximum Gasteiger partial charge on any atom is 0.119 e. The summed E-state index contributed by atoms with van der Waals surface area (Å²) in [6.07, 6.45) is 8.22. The van der Waals surface area contributed by atoms with Gasteiger partial charge in [-0.05, 0) is 106 Å². The maximum absolute atomic E-state index is 6.53. The molecule has 0 N–H and O–H groups in total. The fourth-order valence-electron chi connectivity index (χ4n) is 6.26. The number of fused-ring (bicyclic) bond motifs is 5. The normalized spacial score (nSPS) is 37.2. The number of hydrogen-bond acceptors (Lipinski definition) is 2. The second-order valence-electron chi connectivity index (χ2n) is 9.82. The van der Waals surface area contributed by atoms with E-state index in [-0.39, 0.29) is 5.60 Å². The van der Waals surface area contributed by atoms with E-state index in [9.17, 15) is 0 Å². The van der Waals surface area contributed by atoms with Gasteiger partial charge in [-0.2, -0.15) is 0 Å². The molecule has 2 heteroatoms. The van der Waals surface area contributed by atoms with Crippen LogP contribution >= 0.6 is 0 Å². The van der Waals surface area contributed by atoms with E-state index >= 15 is 0 Å². The number of ether oxygens (including phenoxy) is 2. The zero-order chi connectivity index (χ0) is 17.8. The Balaban J connectivity index is 1.60. The molecule has 2 unspecified atom stereocenters. The van der Waals surface area contributed by atoms with E-state index < -0.39 is 0 Å². The van der Waals surface area contributed by atoms with Crippen LogP contribution in [0, 0.1) is 17.3 Å². The molecule has 4 rings (SSSR count). The Morgan fingerprint density at radius 1 is 1.08 bits per heavy atom. The minimum absolute atomic E-state index is 0.0326. The van der Waals surface area contributed by atoms with Gasteiger partial charge in [0.15, 0.2) is 0 Å². The summed E-state index contributed by atoms with van der Waals surface area (Å²) in [7, 11) is 1.77. The van der Waals surface area contributed by atoms with Crippen molar-refractivity contribution in [2.75, 3.05) is 7.11 Å². The Hall–Kier alpha value is -1.02. The maximum atomic E-state index is 6.53. The second-order valence-corrected chi connectivity index (χ2v) is 9.82. The van der Waals surface area contributed by atoms with Crippen molar-refractivity contribution in [1.82, 2.24) is 0 Å². The largest absolute Gasteiger partial charge is 0.497 e. The van der Waals surface area contributed by atoms with Crippen molar-refractivity contribution in [1.29, 1.82) is 0 Å². The number of benzene rings is 1. The third-order valence-electron chi connectivity index (χ3n) is 7.34. The van der Waals surface area contributed by atoms with Gasteiger partial charge in [0.25, 0.3) is 0 Å². The van der Waals surface area contributed by atoms with Crippen molar-refractivity contribution in [3.05, 3.63) is 29.3 Å². The van der Waals surface area contributed by atoms with Crippen LogP contribution in [0.1, 0.15) is 76.8 Å². The summed E-state index contributed by atoms with van der Waals surface area (Å²) in [6.45, 7) is 9.15. The highest BCUT2D eigenvalue weighted by Gasteiger charge is 2.55. The molecule has 2 fully saturated rings. The highest BCUT2D eigenvalue weighted by atomic mass is 16.5. The molecular weight excluding hydrogens is 308 g/mol. The van der Waals surface area contributed by atoms with Gasteiger partial charge in [0.1, 0.15) is 5.75 Å². The van der Waals surface area contributed by atoms with Crippen molar-refractivity contribution in [2.24, 2.45) is 17.3 Å². The lowest BCUT2D eigenvalue weighted by molar-refractivity contribution is -0.125. The number of hydrogen-bond donors (Lipinski definition) is 0. The molecule has 0 bridgehead atoms. The fraction of sp³-hybridized carbons (Fsp3) is 0.739. The van der Waals surface area contributed by atoms with Crippen LogP contribution in [0.2, 0.25) is 0 Å². The van der Waals surface area contributed by atoms with Crippen LogP contribution < -0.4 is 4.74 Å². The monoisotopic (exact) mass is 342 g/mol. The van der Waals surface area contributed by atoms with E-state index in [1.807, 2.05) is 0 Å². The molecule has 0 aliphatic heterocycles. The van der Waals surface area contributed by atoms with E-state index in [1.54, 1.807) is 12.7 Å². The molecule has 138 valence electrons. The van der Waals surface area contributed by atoms with Crippen LogP contribution in [-0.2, 0) is 11.2 Å². The van der Waals surface area contributed by atoms with Crippen LogP contribution in [0.3, 0.4) is 0 Å². The van der Waals surface area contributed by atoms with Gasteiger partial charge in [0.2, 0.25) is 0 Å². The van der Waals surface area contributed by atoms with E-state index in [0.717, 1.165) is 23.5 Å².